The number of fused-ring (bicyclic) bond motifs is 1. The minimum Gasteiger partial charge on any atom is -0.379 e. The van der Waals surface area contributed by atoms with Crippen molar-refractivity contribution in [3.8, 4) is 0 Å². The summed E-state index contributed by atoms with van der Waals surface area (Å²) in [4.78, 5) is 30.0. The zero-order valence-electron chi connectivity index (χ0n) is 24.4. The van der Waals surface area contributed by atoms with E-state index in [0.717, 1.165) is 32.1 Å². The van der Waals surface area contributed by atoms with Gasteiger partial charge in [-0.3, -0.25) is 14.5 Å². The number of nitrogens with zero attached hydrogens (tertiary/aromatic N) is 5. The van der Waals surface area contributed by atoms with Crippen LogP contribution in [0.5, 0.6) is 0 Å². The van der Waals surface area contributed by atoms with Crippen molar-refractivity contribution in [1.29, 1.82) is 0 Å². The molecule has 3 aromatic carbocycles. The fraction of sp³-hybridized carbons (Fsp3) is 0.375. The molecule has 1 aromatic heterocycles. The second kappa shape index (κ2) is 13.2. The van der Waals surface area contributed by atoms with Crippen molar-refractivity contribution < 1.29 is 22.7 Å². The maximum atomic E-state index is 14.3. The third-order valence-corrected chi connectivity index (χ3v) is 10.2. The molecule has 1 atom stereocenters. The van der Waals surface area contributed by atoms with Crippen LogP contribution in [-0.2, 0) is 30.9 Å². The number of anilines is 1. The average molecular weight is 617 g/mol. The van der Waals surface area contributed by atoms with E-state index in [1.807, 2.05) is 54.6 Å². The van der Waals surface area contributed by atoms with Gasteiger partial charge in [0.15, 0.2) is 0 Å². The molecular weight excluding hydrogens is 580 g/mol. The quantitative estimate of drug-likeness (QED) is 0.304. The lowest BCUT2D eigenvalue weighted by molar-refractivity contribution is -0.127. The monoisotopic (exact) mass is 616 g/mol. The number of morpholine rings is 1. The highest BCUT2D eigenvalue weighted by atomic mass is 32.2. The number of hydrogen-bond acceptors (Lipinski definition) is 7. The van der Waals surface area contributed by atoms with Crippen molar-refractivity contribution in [3.05, 3.63) is 84.4 Å². The van der Waals surface area contributed by atoms with E-state index in [0.29, 0.717) is 35.5 Å². The Balaban J connectivity index is 1.39. The van der Waals surface area contributed by atoms with Gasteiger partial charge in [0.2, 0.25) is 21.8 Å². The van der Waals surface area contributed by atoms with Gasteiger partial charge < -0.3 is 10.1 Å². The van der Waals surface area contributed by atoms with Gasteiger partial charge in [0, 0.05) is 24.8 Å². The Morgan fingerprint density at radius 1 is 0.909 bits per heavy atom. The van der Waals surface area contributed by atoms with Crippen LogP contribution in [0.1, 0.15) is 43.7 Å². The molecule has 44 heavy (non-hydrogen) atoms. The fourth-order valence-corrected chi connectivity index (χ4v) is 7.38. The standard InChI is InChI=1S/C32H36N6O5S/c39-30(23-37-29-14-8-7-13-28(29)34-35-37)38(26-15-17-27(18-16-26)44(41,42)36-19-21-43-22-20-36)31(24-9-3-1-4-10-24)32(40)33-25-11-5-2-6-12-25/h1,3-4,7-10,13-18,25,31H,2,5-6,11-12,19-23H2,(H,33,40). The number of ether oxygens (including phenoxy) is 1. The molecule has 0 radical (unpaired) electrons. The molecule has 1 unspecified atom stereocenters. The lowest BCUT2D eigenvalue weighted by atomic mass is 9.94. The van der Waals surface area contributed by atoms with Gasteiger partial charge in [0.25, 0.3) is 0 Å². The van der Waals surface area contributed by atoms with Crippen LogP contribution in [0, 0.1) is 0 Å². The Morgan fingerprint density at radius 2 is 1.59 bits per heavy atom. The van der Waals surface area contributed by atoms with E-state index in [4.69, 9.17) is 4.74 Å². The number of para-hydroxylation sites is 1. The van der Waals surface area contributed by atoms with E-state index < -0.39 is 22.0 Å². The second-order valence-corrected chi connectivity index (χ2v) is 13.1. The molecule has 1 N–H and O–H groups in total. The van der Waals surface area contributed by atoms with E-state index in [1.165, 1.54) is 26.0 Å². The Bertz CT molecular complexity index is 1700. The van der Waals surface area contributed by atoms with Crippen molar-refractivity contribution in [2.24, 2.45) is 0 Å². The van der Waals surface area contributed by atoms with Crippen LogP contribution in [-0.4, -0.2) is 71.9 Å². The molecule has 11 nitrogen and oxygen atoms in total. The van der Waals surface area contributed by atoms with Gasteiger partial charge in [0.1, 0.15) is 18.1 Å². The van der Waals surface area contributed by atoms with E-state index in [-0.39, 0.29) is 36.5 Å². The van der Waals surface area contributed by atoms with Gasteiger partial charge >= 0.3 is 0 Å². The first-order valence-electron chi connectivity index (χ1n) is 15.1. The van der Waals surface area contributed by atoms with E-state index in [2.05, 4.69) is 15.6 Å². The molecular formula is C32H36N6O5S. The van der Waals surface area contributed by atoms with Crippen LogP contribution in [0.4, 0.5) is 5.69 Å². The number of aromatic nitrogens is 3. The molecule has 1 aliphatic heterocycles. The minimum atomic E-state index is -3.75. The van der Waals surface area contributed by atoms with Gasteiger partial charge in [0.05, 0.1) is 23.6 Å². The topological polar surface area (TPSA) is 127 Å². The van der Waals surface area contributed by atoms with Crippen molar-refractivity contribution in [1.82, 2.24) is 24.6 Å². The Hall–Kier alpha value is -4.13. The summed E-state index contributed by atoms with van der Waals surface area (Å²) < 4.78 is 34.9. The summed E-state index contributed by atoms with van der Waals surface area (Å²) in [5, 5.41) is 11.6. The van der Waals surface area contributed by atoms with Gasteiger partial charge in [-0.1, -0.05) is 66.9 Å². The average Bonchev–Trinajstić information content (AvgIpc) is 3.47. The fourth-order valence-electron chi connectivity index (χ4n) is 5.97. The number of carbonyl (C=O) groups excluding carboxylic acids is 2. The zero-order chi connectivity index (χ0) is 30.5. The van der Waals surface area contributed by atoms with Gasteiger partial charge in [-0.05, 0) is 54.8 Å². The second-order valence-electron chi connectivity index (χ2n) is 11.2. The SMILES string of the molecule is O=C(NC1CCCCC1)C(c1ccccc1)N(C(=O)Cn1nnc2ccccc21)c1ccc(S(=O)(=O)N2CCOCC2)cc1. The van der Waals surface area contributed by atoms with Crippen molar-refractivity contribution in [2.45, 2.75) is 55.6 Å². The van der Waals surface area contributed by atoms with E-state index in [1.54, 1.807) is 12.1 Å². The number of hydrogen-bond donors (Lipinski definition) is 1. The molecule has 0 spiro atoms. The van der Waals surface area contributed by atoms with Crippen LogP contribution >= 0.6 is 0 Å². The Labute approximate surface area is 256 Å². The summed E-state index contributed by atoms with van der Waals surface area (Å²) in [5.74, 6) is -0.679. The molecule has 2 aliphatic rings. The molecule has 2 fully saturated rings. The zero-order valence-corrected chi connectivity index (χ0v) is 25.2. The van der Waals surface area contributed by atoms with Crippen LogP contribution < -0.4 is 10.2 Å². The number of nitrogens with one attached hydrogen (secondary N) is 1. The van der Waals surface area contributed by atoms with Gasteiger partial charge in [-0.25, -0.2) is 13.1 Å². The summed E-state index contributed by atoms with van der Waals surface area (Å²) in [5.41, 5.74) is 2.38. The summed E-state index contributed by atoms with van der Waals surface area (Å²) in [6, 6.07) is 21.7. The van der Waals surface area contributed by atoms with Crippen molar-refractivity contribution in [3.63, 3.8) is 0 Å². The minimum absolute atomic E-state index is 0.0275. The number of carbonyl (C=O) groups is 2. The molecule has 12 heteroatoms. The van der Waals surface area contributed by atoms with Crippen LogP contribution in [0.2, 0.25) is 0 Å². The predicted octanol–water partition coefficient (Wildman–Crippen LogP) is 3.68. The molecule has 4 aromatic rings. The summed E-state index contributed by atoms with van der Waals surface area (Å²) >= 11 is 0. The smallest absolute Gasteiger partial charge is 0.249 e. The molecule has 230 valence electrons. The van der Waals surface area contributed by atoms with Gasteiger partial charge in [-0.15, -0.1) is 5.10 Å². The summed E-state index contributed by atoms with van der Waals surface area (Å²) in [7, 11) is -3.75. The Morgan fingerprint density at radius 3 is 2.32 bits per heavy atom. The summed E-state index contributed by atoms with van der Waals surface area (Å²) in [6.07, 6.45) is 5.01. The first-order chi connectivity index (χ1) is 21.4. The van der Waals surface area contributed by atoms with Crippen LogP contribution in [0.25, 0.3) is 11.0 Å². The molecule has 1 saturated carbocycles. The summed E-state index contributed by atoms with van der Waals surface area (Å²) in [6.45, 7) is 1.06. The van der Waals surface area contributed by atoms with Crippen LogP contribution in [0.3, 0.4) is 0 Å². The van der Waals surface area contributed by atoms with E-state index >= 15 is 0 Å². The number of benzene rings is 3. The first-order valence-corrected chi connectivity index (χ1v) is 16.5. The van der Waals surface area contributed by atoms with E-state index in [9.17, 15) is 18.0 Å². The highest BCUT2D eigenvalue weighted by Crippen LogP contribution is 2.31. The number of rotatable bonds is 9. The third-order valence-electron chi connectivity index (χ3n) is 8.27. The number of amides is 2. The maximum absolute atomic E-state index is 14.3. The molecule has 6 rings (SSSR count). The lowest BCUT2D eigenvalue weighted by Gasteiger charge is -2.33. The normalized spacial score (nSPS) is 17.3. The number of sulfonamides is 1. The molecule has 2 heterocycles. The molecule has 1 aliphatic carbocycles. The highest BCUT2D eigenvalue weighted by Gasteiger charge is 2.35. The third kappa shape index (κ3) is 6.37. The molecule has 0 bridgehead atoms. The largest absolute Gasteiger partial charge is 0.379 e. The highest BCUT2D eigenvalue weighted by molar-refractivity contribution is 7.89. The van der Waals surface area contributed by atoms with Crippen LogP contribution in [0.15, 0.2) is 83.8 Å². The molecule has 1 saturated heterocycles. The van der Waals surface area contributed by atoms with Crippen molar-refractivity contribution in [2.75, 3.05) is 31.2 Å². The maximum Gasteiger partial charge on any atom is 0.249 e. The molecule has 2 amide bonds. The predicted molar refractivity (Wildman–Crippen MR) is 165 cm³/mol. The van der Waals surface area contributed by atoms with Crippen molar-refractivity contribution >= 4 is 38.6 Å². The first kappa shape index (κ1) is 29.9. The van der Waals surface area contributed by atoms with Gasteiger partial charge in [-0.2, -0.15) is 4.31 Å². The Kier molecular flexibility index (Phi) is 9.01. The lowest BCUT2D eigenvalue weighted by Crippen LogP contribution is -2.48.